The zero-order valence-electron chi connectivity index (χ0n) is 12.1. The quantitative estimate of drug-likeness (QED) is 0.747. The Kier molecular flexibility index (Phi) is 4.70. The van der Waals surface area contributed by atoms with Gasteiger partial charge in [0.25, 0.3) is 0 Å². The van der Waals surface area contributed by atoms with E-state index in [4.69, 9.17) is 5.11 Å². The molecule has 0 spiro atoms. The maximum Gasteiger partial charge on any atom is 0.0644 e. The van der Waals surface area contributed by atoms with Crippen LogP contribution in [0.25, 0.3) is 0 Å². The van der Waals surface area contributed by atoms with Crippen LogP contribution in [0.1, 0.15) is 43.0 Å². The molecule has 2 unspecified atom stereocenters. The average molecular weight is 278 g/mol. The van der Waals surface area contributed by atoms with Gasteiger partial charge < -0.3 is 15.7 Å². The van der Waals surface area contributed by atoms with Gasteiger partial charge in [-0.25, -0.2) is 0 Å². The molecule has 20 heavy (non-hydrogen) atoms. The number of aliphatic hydroxyl groups excluding tert-OH is 1. The SMILES string of the molecule is OCCn1ncc2c1CCCC2NCC1CCCNC1. The highest BCUT2D eigenvalue weighted by atomic mass is 16.3. The molecule has 2 aliphatic rings. The van der Waals surface area contributed by atoms with Gasteiger partial charge in [0.1, 0.15) is 0 Å². The predicted octanol–water partition coefficient (Wildman–Crippen LogP) is 0.842. The van der Waals surface area contributed by atoms with E-state index in [1.54, 1.807) is 0 Å². The standard InChI is InChI=1S/C15H26N4O/c20-8-7-19-15-5-1-4-14(13(15)11-18-19)17-10-12-3-2-6-16-9-12/h11-12,14,16-17,20H,1-10H2. The van der Waals surface area contributed by atoms with Crippen LogP contribution in [0.5, 0.6) is 0 Å². The average Bonchev–Trinajstić information content (AvgIpc) is 2.91. The first-order valence-corrected chi connectivity index (χ1v) is 7.98. The molecule has 1 aromatic rings. The molecule has 0 saturated carbocycles. The summed E-state index contributed by atoms with van der Waals surface area (Å²) in [6.45, 7) is 4.21. The van der Waals surface area contributed by atoms with Crippen molar-refractivity contribution in [3.8, 4) is 0 Å². The van der Waals surface area contributed by atoms with E-state index in [1.807, 2.05) is 10.9 Å². The minimum Gasteiger partial charge on any atom is -0.394 e. The van der Waals surface area contributed by atoms with Crippen molar-refractivity contribution in [1.29, 1.82) is 0 Å². The van der Waals surface area contributed by atoms with E-state index in [0.29, 0.717) is 12.6 Å². The van der Waals surface area contributed by atoms with Crippen molar-refractivity contribution in [1.82, 2.24) is 20.4 Å². The predicted molar refractivity (Wildman–Crippen MR) is 78.6 cm³/mol. The van der Waals surface area contributed by atoms with E-state index in [1.165, 1.54) is 43.5 Å². The van der Waals surface area contributed by atoms with Crippen molar-refractivity contribution in [3.05, 3.63) is 17.5 Å². The molecule has 0 bridgehead atoms. The largest absolute Gasteiger partial charge is 0.394 e. The molecule has 3 N–H and O–H groups in total. The number of nitrogens with one attached hydrogen (secondary N) is 2. The molecule has 2 heterocycles. The fourth-order valence-corrected chi connectivity index (χ4v) is 3.53. The highest BCUT2D eigenvalue weighted by Gasteiger charge is 2.24. The minimum absolute atomic E-state index is 0.167. The smallest absolute Gasteiger partial charge is 0.0644 e. The Labute approximate surface area is 120 Å². The van der Waals surface area contributed by atoms with Crippen molar-refractivity contribution in [2.75, 3.05) is 26.2 Å². The third-order valence-electron chi connectivity index (χ3n) is 4.63. The maximum atomic E-state index is 9.10. The zero-order valence-corrected chi connectivity index (χ0v) is 12.1. The number of hydrogen-bond donors (Lipinski definition) is 3. The lowest BCUT2D eigenvalue weighted by atomic mass is 9.92. The molecular formula is C15H26N4O. The van der Waals surface area contributed by atoms with Crippen LogP contribution in [0, 0.1) is 5.92 Å². The zero-order chi connectivity index (χ0) is 13.8. The maximum absolute atomic E-state index is 9.10. The van der Waals surface area contributed by atoms with Gasteiger partial charge in [-0.15, -0.1) is 0 Å². The second-order valence-electron chi connectivity index (χ2n) is 6.06. The van der Waals surface area contributed by atoms with Crippen molar-refractivity contribution in [2.24, 2.45) is 5.92 Å². The first-order chi connectivity index (χ1) is 9.88. The molecule has 0 amide bonds. The minimum atomic E-state index is 0.167. The van der Waals surface area contributed by atoms with Crippen molar-refractivity contribution < 1.29 is 5.11 Å². The van der Waals surface area contributed by atoms with Gasteiger partial charge >= 0.3 is 0 Å². The monoisotopic (exact) mass is 278 g/mol. The van der Waals surface area contributed by atoms with Crippen LogP contribution in [-0.4, -0.2) is 41.1 Å². The number of hydrogen-bond acceptors (Lipinski definition) is 4. The summed E-state index contributed by atoms with van der Waals surface area (Å²) < 4.78 is 1.98. The van der Waals surface area contributed by atoms with E-state index in [0.717, 1.165) is 25.4 Å². The summed E-state index contributed by atoms with van der Waals surface area (Å²) in [5.41, 5.74) is 2.68. The lowest BCUT2D eigenvalue weighted by molar-refractivity contribution is 0.266. The van der Waals surface area contributed by atoms with Crippen LogP contribution >= 0.6 is 0 Å². The summed E-state index contributed by atoms with van der Waals surface area (Å²) in [4.78, 5) is 0. The number of aromatic nitrogens is 2. The van der Waals surface area contributed by atoms with Crippen LogP contribution in [-0.2, 0) is 13.0 Å². The Balaban J connectivity index is 1.61. The molecule has 1 aliphatic carbocycles. The van der Waals surface area contributed by atoms with Gasteiger partial charge in [-0.2, -0.15) is 5.10 Å². The fourth-order valence-electron chi connectivity index (χ4n) is 3.53. The summed E-state index contributed by atoms with van der Waals surface area (Å²) in [5, 5.41) is 20.8. The van der Waals surface area contributed by atoms with E-state index in [9.17, 15) is 0 Å². The Bertz CT molecular complexity index is 426. The van der Waals surface area contributed by atoms with Crippen molar-refractivity contribution in [3.63, 3.8) is 0 Å². The molecule has 1 fully saturated rings. The highest BCUT2D eigenvalue weighted by Crippen LogP contribution is 2.29. The number of piperidine rings is 1. The van der Waals surface area contributed by atoms with E-state index >= 15 is 0 Å². The lowest BCUT2D eigenvalue weighted by Gasteiger charge is -2.28. The van der Waals surface area contributed by atoms with Gasteiger partial charge in [0.2, 0.25) is 0 Å². The number of aliphatic hydroxyl groups is 1. The van der Waals surface area contributed by atoms with Gasteiger partial charge in [-0.05, 0) is 57.7 Å². The summed E-state index contributed by atoms with van der Waals surface area (Å²) in [6, 6.07) is 0.452. The Hall–Kier alpha value is -0.910. The van der Waals surface area contributed by atoms with Crippen molar-refractivity contribution >= 4 is 0 Å². The molecule has 2 atom stereocenters. The lowest BCUT2D eigenvalue weighted by Crippen LogP contribution is -2.37. The van der Waals surface area contributed by atoms with Gasteiger partial charge in [0, 0.05) is 17.3 Å². The Morgan fingerprint density at radius 3 is 3.15 bits per heavy atom. The fraction of sp³-hybridized carbons (Fsp3) is 0.800. The third kappa shape index (κ3) is 3.05. The van der Waals surface area contributed by atoms with Crippen LogP contribution in [0.15, 0.2) is 6.20 Å². The summed E-state index contributed by atoms with van der Waals surface area (Å²) >= 11 is 0. The third-order valence-corrected chi connectivity index (χ3v) is 4.63. The number of fused-ring (bicyclic) bond motifs is 1. The second-order valence-corrected chi connectivity index (χ2v) is 6.06. The van der Waals surface area contributed by atoms with E-state index < -0.39 is 0 Å². The van der Waals surface area contributed by atoms with Gasteiger partial charge in [0.15, 0.2) is 0 Å². The summed E-state index contributed by atoms with van der Waals surface area (Å²) in [5.74, 6) is 0.765. The molecule has 5 heteroatoms. The van der Waals surface area contributed by atoms with Gasteiger partial charge in [-0.1, -0.05) is 0 Å². The van der Waals surface area contributed by atoms with Gasteiger partial charge in [0.05, 0.1) is 19.3 Å². The molecular weight excluding hydrogens is 252 g/mol. The first-order valence-electron chi connectivity index (χ1n) is 7.98. The molecule has 1 aromatic heterocycles. The Morgan fingerprint density at radius 1 is 1.40 bits per heavy atom. The molecule has 0 radical (unpaired) electrons. The number of nitrogens with zero attached hydrogens (tertiary/aromatic N) is 2. The topological polar surface area (TPSA) is 62.1 Å². The van der Waals surface area contributed by atoms with Gasteiger partial charge in [-0.3, -0.25) is 4.68 Å². The molecule has 5 nitrogen and oxygen atoms in total. The Morgan fingerprint density at radius 2 is 2.35 bits per heavy atom. The van der Waals surface area contributed by atoms with Crippen LogP contribution < -0.4 is 10.6 Å². The normalized spacial score (nSPS) is 26.4. The highest BCUT2D eigenvalue weighted by molar-refractivity contribution is 5.25. The summed E-state index contributed by atoms with van der Waals surface area (Å²) in [7, 11) is 0. The molecule has 1 saturated heterocycles. The summed E-state index contributed by atoms with van der Waals surface area (Å²) in [6.07, 6.45) is 8.15. The van der Waals surface area contributed by atoms with Crippen LogP contribution in [0.3, 0.4) is 0 Å². The van der Waals surface area contributed by atoms with Crippen LogP contribution in [0.4, 0.5) is 0 Å². The molecule has 1 aliphatic heterocycles. The molecule has 0 aromatic carbocycles. The number of rotatable bonds is 5. The van der Waals surface area contributed by atoms with Crippen LogP contribution in [0.2, 0.25) is 0 Å². The van der Waals surface area contributed by atoms with Crippen molar-refractivity contribution in [2.45, 2.75) is 44.7 Å². The van der Waals surface area contributed by atoms with E-state index in [-0.39, 0.29) is 6.61 Å². The molecule has 112 valence electrons. The molecule has 3 rings (SSSR count). The first kappa shape index (κ1) is 14.0. The second kappa shape index (κ2) is 6.70. The van der Waals surface area contributed by atoms with E-state index in [2.05, 4.69) is 15.7 Å².